The highest BCUT2D eigenvalue weighted by Gasteiger charge is 2.25. The number of carbonyl (C=O) groups excluding carboxylic acids is 1. The van der Waals surface area contributed by atoms with Crippen molar-refractivity contribution in [1.82, 2.24) is 9.88 Å². The van der Waals surface area contributed by atoms with Gasteiger partial charge >= 0.3 is 5.63 Å². The van der Waals surface area contributed by atoms with Crippen molar-refractivity contribution in [3.05, 3.63) is 52.2 Å². The zero-order valence-corrected chi connectivity index (χ0v) is 14.2. The smallest absolute Gasteiger partial charge is 0.339 e. The lowest BCUT2D eigenvalue weighted by Crippen LogP contribution is -2.41. The molecule has 0 N–H and O–H groups in total. The van der Waals surface area contributed by atoms with Crippen LogP contribution in [0.5, 0.6) is 11.6 Å². The van der Waals surface area contributed by atoms with Crippen LogP contribution in [0.3, 0.4) is 0 Å². The molecule has 0 bridgehead atoms. The summed E-state index contributed by atoms with van der Waals surface area (Å²) >= 11 is 0. The summed E-state index contributed by atoms with van der Waals surface area (Å²) in [6.45, 7) is 2.89. The van der Waals surface area contributed by atoms with Gasteiger partial charge in [-0.05, 0) is 13.0 Å². The Morgan fingerprint density at radius 3 is 2.64 bits per heavy atom. The standard InChI is InChI=1S/C18H20N2O5/c1-12-9-15(10-17(21)24-12)25-14-5-7-20(8-6-14)18(22)13-3-4-16(23-2)19-11-13/h3-4,9-11,14H,5-8H2,1-2H3. The van der Waals surface area contributed by atoms with E-state index in [2.05, 4.69) is 4.98 Å². The van der Waals surface area contributed by atoms with Crippen molar-refractivity contribution < 1.29 is 18.7 Å². The molecule has 0 unspecified atom stereocenters. The summed E-state index contributed by atoms with van der Waals surface area (Å²) in [5.41, 5.74) is 0.117. The molecular weight excluding hydrogens is 324 g/mol. The normalized spacial score (nSPS) is 15.0. The van der Waals surface area contributed by atoms with Crippen LogP contribution in [0.1, 0.15) is 29.0 Å². The van der Waals surface area contributed by atoms with Crippen LogP contribution < -0.4 is 15.1 Å². The van der Waals surface area contributed by atoms with E-state index < -0.39 is 5.63 Å². The number of methoxy groups -OCH3 is 1. The van der Waals surface area contributed by atoms with Gasteiger partial charge in [0.15, 0.2) is 0 Å². The fourth-order valence-electron chi connectivity index (χ4n) is 2.82. The maximum atomic E-state index is 12.5. The Morgan fingerprint density at radius 1 is 1.28 bits per heavy atom. The number of rotatable bonds is 4. The predicted octanol–water partition coefficient (Wildman–Crippen LogP) is 2.04. The monoisotopic (exact) mass is 344 g/mol. The average molecular weight is 344 g/mol. The summed E-state index contributed by atoms with van der Waals surface area (Å²) in [5.74, 6) is 1.45. The van der Waals surface area contributed by atoms with Gasteiger partial charge in [-0.2, -0.15) is 0 Å². The Morgan fingerprint density at radius 2 is 2.04 bits per heavy atom. The van der Waals surface area contributed by atoms with Crippen molar-refractivity contribution in [2.45, 2.75) is 25.9 Å². The maximum absolute atomic E-state index is 12.5. The summed E-state index contributed by atoms with van der Waals surface area (Å²) < 4.78 is 15.8. The molecule has 3 heterocycles. The molecule has 7 nitrogen and oxygen atoms in total. The molecule has 25 heavy (non-hydrogen) atoms. The second-order valence-corrected chi connectivity index (χ2v) is 5.92. The molecule has 7 heteroatoms. The van der Waals surface area contributed by atoms with Crippen molar-refractivity contribution in [2.75, 3.05) is 20.2 Å². The maximum Gasteiger partial charge on any atom is 0.339 e. The minimum absolute atomic E-state index is 0.0285. The highest BCUT2D eigenvalue weighted by molar-refractivity contribution is 5.94. The molecule has 3 rings (SSSR count). The van der Waals surface area contributed by atoms with Gasteiger partial charge in [-0.3, -0.25) is 4.79 Å². The lowest BCUT2D eigenvalue weighted by atomic mass is 10.1. The second kappa shape index (κ2) is 7.38. The molecule has 1 fully saturated rings. The fraction of sp³-hybridized carbons (Fsp3) is 0.389. The Bertz CT molecular complexity index is 792. The van der Waals surface area contributed by atoms with Gasteiger partial charge < -0.3 is 18.8 Å². The fourth-order valence-corrected chi connectivity index (χ4v) is 2.82. The predicted molar refractivity (Wildman–Crippen MR) is 90.1 cm³/mol. The van der Waals surface area contributed by atoms with Crippen molar-refractivity contribution >= 4 is 5.91 Å². The number of pyridine rings is 1. The van der Waals surface area contributed by atoms with Gasteiger partial charge in [0.25, 0.3) is 5.91 Å². The highest BCUT2D eigenvalue weighted by atomic mass is 16.5. The number of piperidine rings is 1. The van der Waals surface area contributed by atoms with Crippen molar-refractivity contribution in [2.24, 2.45) is 0 Å². The molecule has 132 valence electrons. The molecule has 0 radical (unpaired) electrons. The van der Waals surface area contributed by atoms with Gasteiger partial charge in [-0.15, -0.1) is 0 Å². The van der Waals surface area contributed by atoms with Gasteiger partial charge in [0.05, 0.1) is 18.7 Å². The number of nitrogens with zero attached hydrogens (tertiary/aromatic N) is 2. The SMILES string of the molecule is COc1ccc(C(=O)N2CCC(Oc3cc(C)oc(=O)c3)CC2)cn1. The zero-order chi connectivity index (χ0) is 17.8. The highest BCUT2D eigenvalue weighted by Crippen LogP contribution is 2.20. The van der Waals surface area contributed by atoms with E-state index in [-0.39, 0.29) is 12.0 Å². The van der Waals surface area contributed by atoms with E-state index in [9.17, 15) is 9.59 Å². The summed E-state index contributed by atoms with van der Waals surface area (Å²) in [4.78, 5) is 29.7. The molecule has 0 aromatic carbocycles. The number of aryl methyl sites for hydroxylation is 1. The third-order valence-electron chi connectivity index (χ3n) is 4.09. The van der Waals surface area contributed by atoms with E-state index in [0.29, 0.717) is 48.9 Å². The van der Waals surface area contributed by atoms with Crippen LogP contribution in [0.2, 0.25) is 0 Å². The van der Waals surface area contributed by atoms with Crippen LogP contribution in [0.15, 0.2) is 39.7 Å². The van der Waals surface area contributed by atoms with Crippen LogP contribution in [0, 0.1) is 6.92 Å². The van der Waals surface area contributed by atoms with Crippen LogP contribution in [-0.2, 0) is 0 Å². The summed E-state index contributed by atoms with van der Waals surface area (Å²) in [5, 5.41) is 0. The summed E-state index contributed by atoms with van der Waals surface area (Å²) in [7, 11) is 1.53. The van der Waals surface area contributed by atoms with Crippen LogP contribution in [0.25, 0.3) is 0 Å². The third-order valence-corrected chi connectivity index (χ3v) is 4.09. The number of hydrogen-bond donors (Lipinski definition) is 0. The first-order chi connectivity index (χ1) is 12.0. The molecule has 0 spiro atoms. The first-order valence-corrected chi connectivity index (χ1v) is 8.13. The third kappa shape index (κ3) is 4.17. The van der Waals surface area contributed by atoms with Gasteiger partial charge in [-0.1, -0.05) is 0 Å². The molecular formula is C18H20N2O5. The number of aromatic nitrogens is 1. The van der Waals surface area contributed by atoms with Crippen LogP contribution in [-0.4, -0.2) is 42.1 Å². The van der Waals surface area contributed by atoms with Gasteiger partial charge in [-0.25, -0.2) is 9.78 Å². The number of ether oxygens (including phenoxy) is 2. The molecule has 0 aliphatic carbocycles. The molecule has 2 aromatic rings. The van der Waals surface area contributed by atoms with Crippen LogP contribution >= 0.6 is 0 Å². The Balaban J connectivity index is 1.57. The van der Waals surface area contributed by atoms with Crippen molar-refractivity contribution in [1.29, 1.82) is 0 Å². The number of likely N-dealkylation sites (tertiary alicyclic amines) is 1. The second-order valence-electron chi connectivity index (χ2n) is 5.92. The lowest BCUT2D eigenvalue weighted by molar-refractivity contribution is 0.0594. The topological polar surface area (TPSA) is 81.9 Å². The van der Waals surface area contributed by atoms with Gasteiger partial charge in [0.1, 0.15) is 17.6 Å². The lowest BCUT2D eigenvalue weighted by Gasteiger charge is -2.32. The summed E-state index contributed by atoms with van der Waals surface area (Å²) in [6, 6.07) is 6.42. The summed E-state index contributed by atoms with van der Waals surface area (Å²) in [6.07, 6.45) is 2.90. The first-order valence-electron chi connectivity index (χ1n) is 8.13. The zero-order valence-electron chi connectivity index (χ0n) is 14.2. The average Bonchev–Trinajstić information content (AvgIpc) is 2.61. The van der Waals surface area contributed by atoms with Crippen LogP contribution in [0.4, 0.5) is 0 Å². The largest absolute Gasteiger partial charge is 0.490 e. The molecule has 1 aliphatic heterocycles. The molecule has 0 saturated carbocycles. The van der Waals surface area contributed by atoms with Gasteiger partial charge in [0, 0.05) is 44.3 Å². The van der Waals surface area contributed by atoms with E-state index in [4.69, 9.17) is 13.9 Å². The molecule has 1 aliphatic rings. The minimum atomic E-state index is -0.422. The first kappa shape index (κ1) is 17.0. The molecule has 1 saturated heterocycles. The van der Waals surface area contributed by atoms with Crippen molar-refractivity contribution in [3.63, 3.8) is 0 Å². The minimum Gasteiger partial charge on any atom is -0.490 e. The van der Waals surface area contributed by atoms with E-state index in [1.165, 1.54) is 19.4 Å². The molecule has 2 aromatic heterocycles. The number of amides is 1. The molecule has 1 amide bonds. The van der Waals surface area contributed by atoms with E-state index in [1.54, 1.807) is 30.0 Å². The Labute approximate surface area is 145 Å². The Kier molecular flexibility index (Phi) is 5.02. The van der Waals surface area contributed by atoms with Crippen molar-refractivity contribution in [3.8, 4) is 11.6 Å². The number of hydrogen-bond acceptors (Lipinski definition) is 6. The number of carbonyl (C=O) groups is 1. The van der Waals surface area contributed by atoms with E-state index >= 15 is 0 Å². The Hall–Kier alpha value is -2.83. The molecule has 0 atom stereocenters. The van der Waals surface area contributed by atoms with E-state index in [1.807, 2.05) is 0 Å². The van der Waals surface area contributed by atoms with Gasteiger partial charge in [0.2, 0.25) is 5.88 Å². The van der Waals surface area contributed by atoms with E-state index in [0.717, 1.165) is 0 Å². The quantitative estimate of drug-likeness (QED) is 0.844.